The first kappa shape index (κ1) is 15.9. The molecule has 0 heterocycles. The van der Waals surface area contributed by atoms with Gasteiger partial charge in [-0.3, -0.25) is 0 Å². The van der Waals surface area contributed by atoms with Crippen molar-refractivity contribution in [2.45, 2.75) is 26.3 Å². The van der Waals surface area contributed by atoms with Crippen LogP contribution in [-0.2, 0) is 0 Å². The Morgan fingerprint density at radius 2 is 2.16 bits per heavy atom. The van der Waals surface area contributed by atoms with Crippen molar-refractivity contribution in [3.8, 4) is 0 Å². The van der Waals surface area contributed by atoms with Crippen LogP contribution in [0, 0.1) is 13.8 Å². The van der Waals surface area contributed by atoms with Gasteiger partial charge in [-0.1, -0.05) is 17.7 Å². The highest BCUT2D eigenvalue weighted by atomic mass is 32.2. The van der Waals surface area contributed by atoms with E-state index in [9.17, 15) is 4.79 Å². The summed E-state index contributed by atoms with van der Waals surface area (Å²) < 4.78 is 0. The molecule has 0 aliphatic rings. The van der Waals surface area contributed by atoms with Gasteiger partial charge in [-0.05, 0) is 38.2 Å². The van der Waals surface area contributed by atoms with Gasteiger partial charge in [0.1, 0.15) is 0 Å². The van der Waals surface area contributed by atoms with Crippen molar-refractivity contribution in [2.24, 2.45) is 0 Å². The first-order valence-corrected chi connectivity index (χ1v) is 7.70. The van der Waals surface area contributed by atoms with E-state index in [1.807, 2.05) is 38.3 Å². The lowest BCUT2D eigenvalue weighted by molar-refractivity contribution is 0.241. The second-order valence-electron chi connectivity index (χ2n) is 4.58. The van der Waals surface area contributed by atoms with E-state index in [1.165, 1.54) is 5.56 Å². The number of amides is 2. The molecule has 2 amide bonds. The lowest BCUT2D eigenvalue weighted by atomic mass is 10.1. The summed E-state index contributed by atoms with van der Waals surface area (Å²) in [7, 11) is 0. The van der Waals surface area contributed by atoms with Crippen molar-refractivity contribution in [3.05, 3.63) is 29.3 Å². The summed E-state index contributed by atoms with van der Waals surface area (Å²) in [5.41, 5.74) is 3.03. The number of aryl methyl sites for hydroxylation is 2. The third-order valence-corrected chi connectivity index (χ3v) is 3.55. The van der Waals surface area contributed by atoms with E-state index in [0.29, 0.717) is 6.42 Å². The Balaban J connectivity index is 2.58. The molecule has 3 N–H and O–H groups in total. The van der Waals surface area contributed by atoms with Crippen molar-refractivity contribution in [1.29, 1.82) is 0 Å². The number of urea groups is 1. The summed E-state index contributed by atoms with van der Waals surface area (Å²) in [6, 6.07) is 5.67. The van der Waals surface area contributed by atoms with Crippen LogP contribution in [0.5, 0.6) is 0 Å². The van der Waals surface area contributed by atoms with E-state index in [0.717, 1.165) is 17.0 Å². The van der Waals surface area contributed by atoms with Crippen LogP contribution in [0.1, 0.15) is 17.5 Å². The van der Waals surface area contributed by atoms with Crippen LogP contribution in [0.25, 0.3) is 0 Å². The first-order chi connectivity index (χ1) is 9.06. The van der Waals surface area contributed by atoms with Gasteiger partial charge in [0.2, 0.25) is 0 Å². The molecule has 0 saturated heterocycles. The molecule has 0 aliphatic carbocycles. The van der Waals surface area contributed by atoms with E-state index in [2.05, 4.69) is 10.6 Å². The van der Waals surface area contributed by atoms with Crippen molar-refractivity contribution in [1.82, 2.24) is 5.32 Å². The number of carbonyl (C=O) groups excluding carboxylic acids is 1. The molecule has 0 unspecified atom stereocenters. The zero-order chi connectivity index (χ0) is 14.3. The molecule has 0 spiro atoms. The number of carbonyl (C=O) groups is 1. The van der Waals surface area contributed by atoms with Crippen LogP contribution in [0.4, 0.5) is 10.5 Å². The minimum Gasteiger partial charge on any atom is -0.396 e. The third-order valence-electron chi connectivity index (χ3n) is 2.81. The van der Waals surface area contributed by atoms with Gasteiger partial charge >= 0.3 is 6.03 Å². The molecule has 4 nitrogen and oxygen atoms in total. The number of hydrogen-bond donors (Lipinski definition) is 3. The predicted molar refractivity (Wildman–Crippen MR) is 81.9 cm³/mol. The minimum absolute atomic E-state index is 0.00856. The number of nitrogens with one attached hydrogen (secondary N) is 2. The Hall–Kier alpha value is -1.20. The summed E-state index contributed by atoms with van der Waals surface area (Å²) in [5.74, 6) is 0.793. The van der Waals surface area contributed by atoms with Crippen LogP contribution in [-0.4, -0.2) is 35.8 Å². The summed E-state index contributed by atoms with van der Waals surface area (Å²) >= 11 is 1.65. The summed E-state index contributed by atoms with van der Waals surface area (Å²) in [6.07, 6.45) is 2.55. The van der Waals surface area contributed by atoms with Crippen LogP contribution >= 0.6 is 11.8 Å². The highest BCUT2D eigenvalue weighted by Gasteiger charge is 2.11. The maximum absolute atomic E-state index is 11.9. The maximum Gasteiger partial charge on any atom is 0.319 e. The number of aliphatic hydroxyl groups is 1. The molecule has 0 aliphatic heterocycles. The van der Waals surface area contributed by atoms with E-state index < -0.39 is 0 Å². The molecular formula is C14H22N2O2S. The molecule has 1 atom stereocenters. The molecule has 0 radical (unpaired) electrons. The van der Waals surface area contributed by atoms with Gasteiger partial charge in [-0.2, -0.15) is 11.8 Å². The lowest BCUT2D eigenvalue weighted by Gasteiger charge is -2.18. The molecule has 1 aromatic rings. The van der Waals surface area contributed by atoms with Crippen LogP contribution < -0.4 is 10.6 Å². The van der Waals surface area contributed by atoms with Gasteiger partial charge < -0.3 is 15.7 Å². The molecule has 1 rings (SSSR count). The quantitative estimate of drug-likeness (QED) is 0.751. The number of anilines is 1. The molecular weight excluding hydrogens is 260 g/mol. The fourth-order valence-corrected chi connectivity index (χ4v) is 2.50. The molecule has 0 bridgehead atoms. The Labute approximate surface area is 119 Å². The zero-order valence-corrected chi connectivity index (χ0v) is 12.5. The predicted octanol–water partition coefficient (Wildman–Crippen LogP) is 2.54. The Morgan fingerprint density at radius 1 is 1.42 bits per heavy atom. The topological polar surface area (TPSA) is 61.4 Å². The summed E-state index contributed by atoms with van der Waals surface area (Å²) in [6.45, 7) is 4.07. The maximum atomic E-state index is 11.9. The first-order valence-electron chi connectivity index (χ1n) is 6.31. The second-order valence-corrected chi connectivity index (χ2v) is 5.49. The normalized spacial score (nSPS) is 12.0. The second kappa shape index (κ2) is 8.07. The average molecular weight is 282 g/mol. The van der Waals surface area contributed by atoms with Crippen molar-refractivity contribution >= 4 is 23.5 Å². The summed E-state index contributed by atoms with van der Waals surface area (Å²) in [5, 5.41) is 14.7. The Bertz CT molecular complexity index is 418. The Kier molecular flexibility index (Phi) is 6.73. The zero-order valence-electron chi connectivity index (χ0n) is 11.7. The monoisotopic (exact) mass is 282 g/mol. The fourth-order valence-electron chi connectivity index (χ4n) is 1.85. The number of aliphatic hydroxyl groups excluding tert-OH is 1. The molecule has 0 saturated carbocycles. The van der Waals surface area contributed by atoms with Gasteiger partial charge in [0.05, 0.1) is 0 Å². The highest BCUT2D eigenvalue weighted by molar-refractivity contribution is 7.98. The Morgan fingerprint density at radius 3 is 2.74 bits per heavy atom. The van der Waals surface area contributed by atoms with Crippen LogP contribution in [0.2, 0.25) is 0 Å². The number of thioether (sulfide) groups is 1. The largest absolute Gasteiger partial charge is 0.396 e. The smallest absolute Gasteiger partial charge is 0.319 e. The van der Waals surface area contributed by atoms with Crippen molar-refractivity contribution in [2.75, 3.05) is 23.9 Å². The third kappa shape index (κ3) is 5.53. The van der Waals surface area contributed by atoms with E-state index in [4.69, 9.17) is 5.11 Å². The number of rotatable bonds is 6. The van der Waals surface area contributed by atoms with E-state index >= 15 is 0 Å². The molecule has 19 heavy (non-hydrogen) atoms. The van der Waals surface area contributed by atoms with Gasteiger partial charge in [0, 0.05) is 24.1 Å². The van der Waals surface area contributed by atoms with Gasteiger partial charge in [-0.25, -0.2) is 4.79 Å². The number of hydrogen-bond acceptors (Lipinski definition) is 3. The van der Waals surface area contributed by atoms with Gasteiger partial charge in [0.15, 0.2) is 0 Å². The number of benzene rings is 1. The minimum atomic E-state index is -0.223. The SMILES string of the molecule is CSC[C@H](CCO)NC(=O)Nc1ccc(C)cc1C. The molecule has 1 aromatic carbocycles. The molecule has 106 valence electrons. The van der Waals surface area contributed by atoms with Crippen LogP contribution in [0.15, 0.2) is 18.2 Å². The van der Waals surface area contributed by atoms with Gasteiger partial charge in [0.25, 0.3) is 0 Å². The van der Waals surface area contributed by atoms with Gasteiger partial charge in [-0.15, -0.1) is 0 Å². The van der Waals surface area contributed by atoms with Crippen LogP contribution in [0.3, 0.4) is 0 Å². The average Bonchev–Trinajstić information content (AvgIpc) is 2.33. The highest BCUT2D eigenvalue weighted by Crippen LogP contribution is 2.15. The standard InChI is InChI=1S/C14H22N2O2S/c1-10-4-5-13(11(2)8-10)16-14(18)15-12(6-7-17)9-19-3/h4-5,8,12,17H,6-7,9H2,1-3H3,(H2,15,16,18)/t12-/m0/s1. The molecule has 0 aromatic heterocycles. The fraction of sp³-hybridized carbons (Fsp3) is 0.500. The molecule has 0 fully saturated rings. The lowest BCUT2D eigenvalue weighted by Crippen LogP contribution is -2.40. The summed E-state index contributed by atoms with van der Waals surface area (Å²) in [4.78, 5) is 11.9. The van der Waals surface area contributed by atoms with Crippen molar-refractivity contribution in [3.63, 3.8) is 0 Å². The van der Waals surface area contributed by atoms with E-state index in [1.54, 1.807) is 11.8 Å². The van der Waals surface area contributed by atoms with E-state index in [-0.39, 0.29) is 18.7 Å². The molecule has 5 heteroatoms. The van der Waals surface area contributed by atoms with Crippen molar-refractivity contribution < 1.29 is 9.90 Å².